The molecule has 0 saturated heterocycles. The van der Waals surface area contributed by atoms with E-state index in [1.54, 1.807) is 36.8 Å². The van der Waals surface area contributed by atoms with E-state index in [9.17, 15) is 9.59 Å². The quantitative estimate of drug-likeness (QED) is 0.143. The second kappa shape index (κ2) is 14.4. The largest absolute Gasteiger partial charge is 0.493 e. The molecule has 1 aliphatic rings. The Morgan fingerprint density at radius 2 is 1.74 bits per heavy atom. The molecule has 11 heteroatoms. The SMILES string of the molecule is CCOC(=O)C1=C(c2ccccc2)N=c2s/c(=C\c3cc(Br)c(OCc4ccc(Br)cc4)c(OC)c3)c(=O)n2[C@@H]1c1ccc(Cl)cc1. The summed E-state index contributed by atoms with van der Waals surface area (Å²) in [7, 11) is 1.57. The number of carbonyl (C=O) groups excluding carboxylic acids is 1. The Bertz CT molecular complexity index is 2160. The van der Waals surface area contributed by atoms with E-state index in [0.717, 1.165) is 15.6 Å². The second-order valence-electron chi connectivity index (χ2n) is 10.4. The normalized spacial score (nSPS) is 14.4. The lowest BCUT2D eigenvalue weighted by Gasteiger charge is -2.25. The minimum Gasteiger partial charge on any atom is -0.493 e. The molecule has 47 heavy (non-hydrogen) atoms. The third-order valence-electron chi connectivity index (χ3n) is 7.41. The van der Waals surface area contributed by atoms with Crippen LogP contribution in [0, 0.1) is 0 Å². The Morgan fingerprint density at radius 1 is 1.02 bits per heavy atom. The first-order valence-corrected chi connectivity index (χ1v) is 17.3. The zero-order valence-corrected chi connectivity index (χ0v) is 30.0. The minimum absolute atomic E-state index is 0.168. The van der Waals surface area contributed by atoms with Crippen LogP contribution in [-0.2, 0) is 16.1 Å². The number of ether oxygens (including phenoxy) is 3. The minimum atomic E-state index is -0.796. The lowest BCUT2D eigenvalue weighted by molar-refractivity contribution is -0.138. The Hall–Kier alpha value is -3.96. The van der Waals surface area contributed by atoms with E-state index in [-0.39, 0.29) is 17.7 Å². The van der Waals surface area contributed by atoms with Gasteiger partial charge in [-0.15, -0.1) is 0 Å². The number of halogens is 3. The number of rotatable bonds is 9. The number of hydrogen-bond acceptors (Lipinski definition) is 7. The fourth-order valence-corrected chi connectivity index (χ4v) is 7.22. The van der Waals surface area contributed by atoms with Crippen LogP contribution < -0.4 is 24.4 Å². The Morgan fingerprint density at radius 3 is 2.43 bits per heavy atom. The highest BCUT2D eigenvalue weighted by Gasteiger charge is 2.35. The van der Waals surface area contributed by atoms with Crippen LogP contribution in [0.15, 0.2) is 115 Å². The number of nitrogens with zero attached hydrogens (tertiary/aromatic N) is 2. The van der Waals surface area contributed by atoms with Crippen LogP contribution in [0.1, 0.15) is 35.2 Å². The summed E-state index contributed by atoms with van der Waals surface area (Å²) in [5.74, 6) is 0.505. The standard InChI is InChI=1S/C36H27Br2ClN2O5S/c1-3-45-35(43)30-31(23-7-5-4-6-8-23)40-36-41(32(30)24-11-15-26(39)16-12-24)34(42)29(47-36)19-22-17-27(38)33(28(18-22)44-2)46-20-21-9-13-25(37)14-10-21/h4-19,32H,3,20H2,1-2H3/b29-19-/t32-/m1/s1. The molecule has 0 radical (unpaired) electrons. The predicted molar refractivity (Wildman–Crippen MR) is 192 cm³/mol. The summed E-state index contributed by atoms with van der Waals surface area (Å²) in [4.78, 5) is 33.2. The molecule has 0 unspecified atom stereocenters. The van der Waals surface area contributed by atoms with Crippen LogP contribution >= 0.6 is 54.8 Å². The molecule has 4 aromatic carbocycles. The van der Waals surface area contributed by atoms with Crippen molar-refractivity contribution in [1.29, 1.82) is 0 Å². The molecule has 238 valence electrons. The van der Waals surface area contributed by atoms with Gasteiger partial charge in [-0.05, 0) is 82.0 Å². The molecule has 0 N–H and O–H groups in total. The molecule has 1 aromatic heterocycles. The average molecular weight is 795 g/mol. The Kier molecular flexibility index (Phi) is 10.1. The Labute approximate surface area is 296 Å². The first-order chi connectivity index (χ1) is 22.8. The molecule has 1 atom stereocenters. The van der Waals surface area contributed by atoms with Gasteiger partial charge in [0.25, 0.3) is 5.56 Å². The van der Waals surface area contributed by atoms with E-state index < -0.39 is 12.0 Å². The molecule has 0 spiro atoms. The van der Waals surface area contributed by atoms with Crippen molar-refractivity contribution in [3.63, 3.8) is 0 Å². The highest BCUT2D eigenvalue weighted by molar-refractivity contribution is 9.10. The zero-order valence-electron chi connectivity index (χ0n) is 25.2. The van der Waals surface area contributed by atoms with Gasteiger partial charge in [-0.2, -0.15) is 0 Å². The van der Waals surface area contributed by atoms with Gasteiger partial charge in [-0.1, -0.05) is 93.5 Å². The van der Waals surface area contributed by atoms with Gasteiger partial charge < -0.3 is 14.2 Å². The van der Waals surface area contributed by atoms with Gasteiger partial charge in [0, 0.05) is 15.1 Å². The first-order valence-electron chi connectivity index (χ1n) is 14.6. The molecule has 0 fully saturated rings. The fourth-order valence-electron chi connectivity index (χ4n) is 5.25. The van der Waals surface area contributed by atoms with Gasteiger partial charge in [-0.25, -0.2) is 9.79 Å². The predicted octanol–water partition coefficient (Wildman–Crippen LogP) is 7.70. The Balaban J connectivity index is 1.48. The van der Waals surface area contributed by atoms with Crippen molar-refractivity contribution < 1.29 is 19.0 Å². The van der Waals surface area contributed by atoms with Crippen molar-refractivity contribution in [3.05, 3.63) is 152 Å². The molecule has 5 aromatic rings. The van der Waals surface area contributed by atoms with E-state index in [4.69, 9.17) is 30.8 Å². The summed E-state index contributed by atoms with van der Waals surface area (Å²) in [5.41, 5.74) is 3.58. The third kappa shape index (κ3) is 7.01. The number of fused-ring (bicyclic) bond motifs is 1. The van der Waals surface area contributed by atoms with E-state index in [1.807, 2.05) is 78.9 Å². The molecular weight excluding hydrogens is 768 g/mol. The van der Waals surface area contributed by atoms with E-state index in [1.165, 1.54) is 11.3 Å². The maximum Gasteiger partial charge on any atom is 0.338 e. The van der Waals surface area contributed by atoms with Gasteiger partial charge in [0.05, 0.1) is 40.0 Å². The van der Waals surface area contributed by atoms with Crippen LogP contribution in [0.4, 0.5) is 0 Å². The summed E-state index contributed by atoms with van der Waals surface area (Å²) in [6.07, 6.45) is 1.78. The van der Waals surface area contributed by atoms with E-state index in [2.05, 4.69) is 31.9 Å². The second-order valence-corrected chi connectivity index (χ2v) is 13.6. The van der Waals surface area contributed by atoms with Gasteiger partial charge in [0.2, 0.25) is 0 Å². The zero-order chi connectivity index (χ0) is 33.1. The third-order valence-corrected chi connectivity index (χ3v) is 9.76. The number of thiazole rings is 1. The molecule has 0 saturated carbocycles. The molecule has 7 nitrogen and oxygen atoms in total. The summed E-state index contributed by atoms with van der Waals surface area (Å²) < 4.78 is 21.0. The summed E-state index contributed by atoms with van der Waals surface area (Å²) in [5, 5.41) is 0.537. The number of hydrogen-bond donors (Lipinski definition) is 0. The number of aromatic nitrogens is 1. The van der Waals surface area contributed by atoms with Crippen molar-refractivity contribution in [3.8, 4) is 11.5 Å². The van der Waals surface area contributed by atoms with Crippen LogP contribution in [0.25, 0.3) is 11.8 Å². The van der Waals surface area contributed by atoms with Crippen molar-refractivity contribution in [2.24, 2.45) is 4.99 Å². The highest BCUT2D eigenvalue weighted by atomic mass is 79.9. The van der Waals surface area contributed by atoms with Gasteiger partial charge in [0.15, 0.2) is 16.3 Å². The number of esters is 1. The van der Waals surface area contributed by atoms with Gasteiger partial charge >= 0.3 is 5.97 Å². The highest BCUT2D eigenvalue weighted by Crippen LogP contribution is 2.38. The fraction of sp³-hybridized carbons (Fsp3) is 0.139. The van der Waals surface area contributed by atoms with Crippen LogP contribution in [-0.4, -0.2) is 24.3 Å². The maximum absolute atomic E-state index is 14.2. The number of methoxy groups -OCH3 is 1. The topological polar surface area (TPSA) is 79.1 Å². The lowest BCUT2D eigenvalue weighted by Crippen LogP contribution is -2.40. The van der Waals surface area contributed by atoms with Gasteiger partial charge in [0.1, 0.15) is 6.61 Å². The average Bonchev–Trinajstić information content (AvgIpc) is 3.38. The number of carbonyl (C=O) groups is 1. The number of benzene rings is 4. The van der Waals surface area contributed by atoms with Gasteiger partial charge in [-0.3, -0.25) is 9.36 Å². The molecule has 0 bridgehead atoms. The van der Waals surface area contributed by atoms with Crippen molar-refractivity contribution in [2.75, 3.05) is 13.7 Å². The molecule has 1 aliphatic heterocycles. The van der Waals surface area contributed by atoms with Crippen LogP contribution in [0.3, 0.4) is 0 Å². The smallest absolute Gasteiger partial charge is 0.338 e. The van der Waals surface area contributed by atoms with Crippen LogP contribution in [0.5, 0.6) is 11.5 Å². The summed E-state index contributed by atoms with van der Waals surface area (Å²) in [6.45, 7) is 2.26. The van der Waals surface area contributed by atoms with E-state index >= 15 is 0 Å². The van der Waals surface area contributed by atoms with Crippen molar-refractivity contribution >= 4 is 72.5 Å². The molecule has 0 amide bonds. The lowest BCUT2D eigenvalue weighted by atomic mass is 9.93. The maximum atomic E-state index is 14.2. The van der Waals surface area contributed by atoms with Crippen molar-refractivity contribution in [2.45, 2.75) is 19.6 Å². The molecule has 6 rings (SSSR count). The summed E-state index contributed by atoms with van der Waals surface area (Å²) >= 11 is 14.6. The summed E-state index contributed by atoms with van der Waals surface area (Å²) in [6, 6.07) is 27.3. The molecule has 0 aliphatic carbocycles. The van der Waals surface area contributed by atoms with Crippen LogP contribution in [0.2, 0.25) is 5.02 Å². The monoisotopic (exact) mass is 792 g/mol. The van der Waals surface area contributed by atoms with E-state index in [0.29, 0.717) is 53.8 Å². The van der Waals surface area contributed by atoms with Crippen molar-refractivity contribution in [1.82, 2.24) is 4.57 Å². The molecular formula is C36H27Br2ClN2O5S. The first kappa shape index (κ1) is 33.0. The molecule has 2 heterocycles.